The largest absolute Gasteiger partial charge is 0.462 e. The molecule has 224 valence electrons. The first-order chi connectivity index (χ1) is 19.9. The van der Waals surface area contributed by atoms with Crippen molar-refractivity contribution in [3.05, 3.63) is 77.1 Å². The number of amides is 1. The Morgan fingerprint density at radius 1 is 0.976 bits per heavy atom. The molecule has 0 saturated carbocycles. The van der Waals surface area contributed by atoms with Gasteiger partial charge in [-0.05, 0) is 43.4 Å². The van der Waals surface area contributed by atoms with Gasteiger partial charge in [0.15, 0.2) is 5.82 Å². The van der Waals surface area contributed by atoms with Gasteiger partial charge in [0.2, 0.25) is 10.0 Å². The number of nitrogens with zero attached hydrogens (tertiary/aromatic N) is 4. The van der Waals surface area contributed by atoms with E-state index in [1.807, 2.05) is 49.4 Å². The van der Waals surface area contributed by atoms with Crippen LogP contribution < -0.4 is 0 Å². The highest BCUT2D eigenvalue weighted by molar-refractivity contribution is 7.89. The first-order valence-corrected chi connectivity index (χ1v) is 15.9. The highest BCUT2D eigenvalue weighted by atomic mass is 32.2. The van der Waals surface area contributed by atoms with Gasteiger partial charge < -0.3 is 9.64 Å². The van der Waals surface area contributed by atoms with Gasteiger partial charge in [-0.1, -0.05) is 76.6 Å². The van der Waals surface area contributed by atoms with Crippen LogP contribution in [0.4, 0.5) is 0 Å². The van der Waals surface area contributed by atoms with Gasteiger partial charge in [-0.25, -0.2) is 23.2 Å². The van der Waals surface area contributed by atoms with Crippen molar-refractivity contribution >= 4 is 21.9 Å². The molecule has 2 aromatic carbocycles. The molecule has 1 aromatic heterocycles. The first-order valence-electron chi connectivity index (χ1n) is 14.4. The Kier molecular flexibility index (Phi) is 9.47. The number of esters is 1. The molecule has 1 atom stereocenters. The van der Waals surface area contributed by atoms with Gasteiger partial charge >= 0.3 is 5.97 Å². The minimum atomic E-state index is -3.78. The van der Waals surface area contributed by atoms with Crippen LogP contribution in [0.1, 0.15) is 80.1 Å². The number of hydrogen-bond donors (Lipinski definition) is 0. The van der Waals surface area contributed by atoms with Gasteiger partial charge in [0.05, 0.1) is 17.2 Å². The Bertz CT molecular complexity index is 1530. The van der Waals surface area contributed by atoms with Gasteiger partial charge in [-0.15, -0.1) is 0 Å². The standard InChI is InChI=1S/C32H40N4O5S/c1-7-12-26-27(31(38)41-8-2)28(34-29(33-26)23-13-10-9-11-14-23)30(37)35-19-20-36(22(3)21-35)42(39,40)25-17-15-24(16-18-25)32(4,5)6/h9-11,13-18,22H,7-8,12,19-21H2,1-6H3. The van der Waals surface area contributed by atoms with Crippen molar-refractivity contribution in [1.29, 1.82) is 0 Å². The zero-order valence-corrected chi connectivity index (χ0v) is 26.1. The summed E-state index contributed by atoms with van der Waals surface area (Å²) in [6.45, 7) is 12.2. The van der Waals surface area contributed by atoms with Crippen LogP contribution in [0.15, 0.2) is 59.5 Å². The first kappa shape index (κ1) is 31.3. The van der Waals surface area contributed by atoms with Crippen LogP contribution in [0.25, 0.3) is 11.4 Å². The lowest BCUT2D eigenvalue weighted by atomic mass is 9.87. The van der Waals surface area contributed by atoms with Crippen LogP contribution in [-0.2, 0) is 26.6 Å². The Hall–Kier alpha value is -3.63. The van der Waals surface area contributed by atoms with Crippen molar-refractivity contribution in [1.82, 2.24) is 19.2 Å². The molecule has 1 saturated heterocycles. The molecule has 1 aliphatic rings. The van der Waals surface area contributed by atoms with Crippen molar-refractivity contribution in [3.8, 4) is 11.4 Å². The van der Waals surface area contributed by atoms with Crippen molar-refractivity contribution in [3.63, 3.8) is 0 Å². The summed E-state index contributed by atoms with van der Waals surface area (Å²) in [5, 5.41) is 0. The number of carbonyl (C=O) groups is 2. The van der Waals surface area contributed by atoms with Gasteiger partial charge in [-0.3, -0.25) is 4.79 Å². The molecular formula is C32H40N4O5S. The third kappa shape index (κ3) is 6.55. The van der Waals surface area contributed by atoms with Crippen molar-refractivity contribution in [2.45, 2.75) is 70.7 Å². The molecule has 2 heterocycles. The van der Waals surface area contributed by atoms with E-state index >= 15 is 0 Å². The fourth-order valence-corrected chi connectivity index (χ4v) is 6.72. The van der Waals surface area contributed by atoms with E-state index in [0.29, 0.717) is 24.4 Å². The molecule has 0 radical (unpaired) electrons. The molecule has 0 N–H and O–H groups in total. The number of ether oxygens (including phenoxy) is 1. The van der Waals surface area contributed by atoms with E-state index in [-0.39, 0.29) is 47.8 Å². The second-order valence-corrected chi connectivity index (χ2v) is 13.4. The molecule has 9 nitrogen and oxygen atoms in total. The summed E-state index contributed by atoms with van der Waals surface area (Å²) in [7, 11) is -3.78. The molecule has 4 rings (SSSR count). The molecule has 0 bridgehead atoms. The minimum absolute atomic E-state index is 0.0213. The Morgan fingerprint density at radius 3 is 2.21 bits per heavy atom. The number of aromatic nitrogens is 2. The van der Waals surface area contributed by atoms with Gasteiger partial charge in [-0.2, -0.15) is 4.31 Å². The number of benzene rings is 2. The highest BCUT2D eigenvalue weighted by Gasteiger charge is 2.37. The third-order valence-electron chi connectivity index (χ3n) is 7.37. The van der Waals surface area contributed by atoms with Crippen LogP contribution in [-0.4, -0.2) is 71.8 Å². The average molecular weight is 593 g/mol. The lowest BCUT2D eigenvalue weighted by molar-refractivity contribution is 0.0508. The summed E-state index contributed by atoms with van der Waals surface area (Å²) in [4.78, 5) is 38.2. The smallest absolute Gasteiger partial charge is 0.342 e. The zero-order chi connectivity index (χ0) is 30.7. The topological polar surface area (TPSA) is 110 Å². The molecule has 42 heavy (non-hydrogen) atoms. The number of carbonyl (C=O) groups excluding carboxylic acids is 2. The second-order valence-electron chi connectivity index (χ2n) is 11.5. The maximum atomic E-state index is 14.0. The molecule has 3 aromatic rings. The van der Waals surface area contributed by atoms with E-state index in [4.69, 9.17) is 4.74 Å². The van der Waals surface area contributed by atoms with E-state index in [0.717, 1.165) is 11.1 Å². The van der Waals surface area contributed by atoms with Gasteiger partial charge in [0.1, 0.15) is 11.3 Å². The monoisotopic (exact) mass is 592 g/mol. The Labute approximate surface area is 249 Å². The van der Waals surface area contributed by atoms with Gasteiger partial charge in [0, 0.05) is 31.2 Å². The fourth-order valence-electron chi connectivity index (χ4n) is 5.11. The number of sulfonamides is 1. The van der Waals surface area contributed by atoms with Crippen LogP contribution in [0.5, 0.6) is 0 Å². The molecular weight excluding hydrogens is 552 g/mol. The summed E-state index contributed by atoms with van der Waals surface area (Å²) in [6, 6.07) is 15.8. The van der Waals surface area contributed by atoms with Crippen molar-refractivity contribution in [2.24, 2.45) is 0 Å². The van der Waals surface area contributed by atoms with Crippen LogP contribution in [0.3, 0.4) is 0 Å². The van der Waals surface area contributed by atoms with E-state index < -0.39 is 27.9 Å². The van der Waals surface area contributed by atoms with E-state index in [1.165, 1.54) is 4.31 Å². The quantitative estimate of drug-likeness (QED) is 0.335. The summed E-state index contributed by atoms with van der Waals surface area (Å²) in [5.41, 5.74) is 2.19. The molecule has 1 aliphatic heterocycles. The number of piperazine rings is 1. The summed E-state index contributed by atoms with van der Waals surface area (Å²) in [5.74, 6) is -0.742. The van der Waals surface area contributed by atoms with Crippen molar-refractivity contribution < 1.29 is 22.7 Å². The summed E-state index contributed by atoms with van der Waals surface area (Å²) in [6.07, 6.45) is 1.17. The van der Waals surface area contributed by atoms with Crippen LogP contribution >= 0.6 is 0 Å². The van der Waals surface area contributed by atoms with Gasteiger partial charge in [0.25, 0.3) is 5.91 Å². The highest BCUT2D eigenvalue weighted by Crippen LogP contribution is 2.28. The zero-order valence-electron chi connectivity index (χ0n) is 25.3. The molecule has 0 spiro atoms. The molecule has 1 amide bonds. The maximum Gasteiger partial charge on any atom is 0.342 e. The van der Waals surface area contributed by atoms with E-state index in [2.05, 4.69) is 30.7 Å². The Morgan fingerprint density at radius 2 is 1.64 bits per heavy atom. The normalized spacial score (nSPS) is 16.3. The lowest BCUT2D eigenvalue weighted by Gasteiger charge is -2.39. The van der Waals surface area contributed by atoms with E-state index in [9.17, 15) is 18.0 Å². The summed E-state index contributed by atoms with van der Waals surface area (Å²) >= 11 is 0. The van der Waals surface area contributed by atoms with Crippen LogP contribution in [0, 0.1) is 0 Å². The summed E-state index contributed by atoms with van der Waals surface area (Å²) < 4.78 is 33.9. The van der Waals surface area contributed by atoms with E-state index in [1.54, 1.807) is 30.9 Å². The van der Waals surface area contributed by atoms with Crippen LogP contribution in [0.2, 0.25) is 0 Å². The van der Waals surface area contributed by atoms with Crippen molar-refractivity contribution in [2.75, 3.05) is 26.2 Å². The molecule has 0 aliphatic carbocycles. The average Bonchev–Trinajstić information content (AvgIpc) is 2.96. The molecule has 1 unspecified atom stereocenters. The molecule has 10 heteroatoms. The number of rotatable bonds is 8. The Balaban J connectivity index is 1.66. The number of hydrogen-bond acceptors (Lipinski definition) is 7. The SMILES string of the molecule is CCCc1nc(-c2ccccc2)nc(C(=O)N2CCN(S(=O)(=O)c3ccc(C(C)(C)C)cc3)C(C)C2)c1C(=O)OCC. The molecule has 1 fully saturated rings. The predicted molar refractivity (Wildman–Crippen MR) is 162 cm³/mol. The predicted octanol–water partition coefficient (Wildman–Crippen LogP) is 5.11. The maximum absolute atomic E-state index is 14.0. The lowest BCUT2D eigenvalue weighted by Crippen LogP contribution is -2.55. The fraction of sp³-hybridized carbons (Fsp3) is 0.438. The number of aryl methyl sites for hydroxylation is 1. The minimum Gasteiger partial charge on any atom is -0.462 e. The second kappa shape index (κ2) is 12.7. The third-order valence-corrected chi connectivity index (χ3v) is 9.39.